The fraction of sp³-hybridized carbons (Fsp3) is 0.600. The molecule has 1 amide bonds. The Hall–Kier alpha value is -1.62. The summed E-state index contributed by atoms with van der Waals surface area (Å²) in [5, 5.41) is 10.2. The van der Waals surface area contributed by atoms with Crippen LogP contribution in [0, 0.1) is 0 Å². The molecule has 0 unspecified atom stereocenters. The molecule has 110 valence electrons. The lowest BCUT2D eigenvalue weighted by atomic mass is 9.94. The highest BCUT2D eigenvalue weighted by molar-refractivity contribution is 5.90. The molecule has 0 spiro atoms. The third-order valence-electron chi connectivity index (χ3n) is 3.18. The second-order valence-electron chi connectivity index (χ2n) is 6.63. The van der Waals surface area contributed by atoms with Crippen molar-refractivity contribution in [3.63, 3.8) is 0 Å². The average molecular weight is 278 g/mol. The molecule has 1 aromatic heterocycles. The van der Waals surface area contributed by atoms with Crippen LogP contribution in [0.25, 0.3) is 0 Å². The Morgan fingerprint density at radius 1 is 1.30 bits per heavy atom. The highest BCUT2D eigenvalue weighted by atomic mass is 16.6. The molecule has 5 heteroatoms. The molecule has 0 radical (unpaired) electrons. The van der Waals surface area contributed by atoms with Gasteiger partial charge in [0, 0.05) is 18.3 Å². The van der Waals surface area contributed by atoms with E-state index in [2.05, 4.69) is 4.98 Å². The molecule has 1 aromatic rings. The summed E-state index contributed by atoms with van der Waals surface area (Å²) in [6, 6.07) is 0. The summed E-state index contributed by atoms with van der Waals surface area (Å²) in [4.78, 5) is 17.9. The number of carbonyl (C=O) groups excluding carboxylic acids is 1. The molecule has 2 heterocycles. The van der Waals surface area contributed by atoms with Crippen LogP contribution in [0.4, 0.5) is 10.5 Å². The van der Waals surface area contributed by atoms with Gasteiger partial charge in [0.15, 0.2) is 0 Å². The quantitative estimate of drug-likeness (QED) is 0.857. The summed E-state index contributed by atoms with van der Waals surface area (Å²) in [5.41, 5.74) is 0.974. The van der Waals surface area contributed by atoms with Gasteiger partial charge in [0.05, 0.1) is 17.5 Å². The van der Waals surface area contributed by atoms with Gasteiger partial charge in [-0.2, -0.15) is 0 Å². The molecule has 0 bridgehead atoms. The zero-order chi connectivity index (χ0) is 15.1. The minimum atomic E-state index is -0.970. The van der Waals surface area contributed by atoms with E-state index in [1.165, 1.54) is 0 Å². The van der Waals surface area contributed by atoms with Crippen LogP contribution in [0.1, 0.15) is 45.7 Å². The molecule has 20 heavy (non-hydrogen) atoms. The van der Waals surface area contributed by atoms with Crippen molar-refractivity contribution in [2.75, 3.05) is 11.4 Å². The van der Waals surface area contributed by atoms with Crippen molar-refractivity contribution in [2.24, 2.45) is 0 Å². The monoisotopic (exact) mass is 278 g/mol. The number of aliphatic hydroxyl groups is 1. The fourth-order valence-corrected chi connectivity index (χ4v) is 2.35. The molecule has 1 aliphatic heterocycles. The van der Waals surface area contributed by atoms with Gasteiger partial charge in [-0.25, -0.2) is 4.79 Å². The van der Waals surface area contributed by atoms with E-state index in [1.54, 1.807) is 31.1 Å². The van der Waals surface area contributed by atoms with Gasteiger partial charge in [-0.3, -0.25) is 9.88 Å². The maximum absolute atomic E-state index is 12.2. The molecule has 0 aliphatic carbocycles. The molecule has 1 aliphatic rings. The van der Waals surface area contributed by atoms with E-state index in [1.807, 2.05) is 20.8 Å². The van der Waals surface area contributed by atoms with Gasteiger partial charge < -0.3 is 9.84 Å². The Morgan fingerprint density at radius 3 is 2.50 bits per heavy atom. The maximum atomic E-state index is 12.2. The van der Waals surface area contributed by atoms with Crippen LogP contribution >= 0.6 is 0 Å². The largest absolute Gasteiger partial charge is 0.443 e. The summed E-state index contributed by atoms with van der Waals surface area (Å²) in [7, 11) is 0. The fourth-order valence-electron chi connectivity index (χ4n) is 2.35. The molecule has 0 aromatic carbocycles. The van der Waals surface area contributed by atoms with Crippen molar-refractivity contribution < 1.29 is 14.6 Å². The predicted octanol–water partition coefficient (Wildman–Crippen LogP) is 2.61. The minimum absolute atomic E-state index is 0.369. The number of amides is 1. The second kappa shape index (κ2) is 4.74. The van der Waals surface area contributed by atoms with Gasteiger partial charge in [0.25, 0.3) is 0 Å². The van der Waals surface area contributed by atoms with E-state index in [0.717, 1.165) is 16.8 Å². The third kappa shape index (κ3) is 2.93. The molecule has 0 atom stereocenters. The highest BCUT2D eigenvalue weighted by Crippen LogP contribution is 2.35. The molecular formula is C15H22N2O3. The number of aromatic nitrogens is 1. The predicted molar refractivity (Wildman–Crippen MR) is 76.8 cm³/mol. The first-order valence-corrected chi connectivity index (χ1v) is 6.80. The number of pyridine rings is 1. The smallest absolute Gasteiger partial charge is 0.414 e. The summed E-state index contributed by atoms with van der Waals surface area (Å²) in [6.07, 6.45) is 3.65. The van der Waals surface area contributed by atoms with Crippen LogP contribution in [0.5, 0.6) is 0 Å². The normalized spacial score (nSPS) is 15.2. The summed E-state index contributed by atoms with van der Waals surface area (Å²) >= 11 is 0. The van der Waals surface area contributed by atoms with Gasteiger partial charge in [-0.15, -0.1) is 0 Å². The standard InChI is InChI=1S/C15H22N2O3/c1-14(2,3)20-13(18)17-7-6-10-11(15(4,5)19)8-16-9-12(10)17/h8-9,19H,6-7H2,1-5H3. The van der Waals surface area contributed by atoms with Crippen LogP contribution in [0.15, 0.2) is 12.4 Å². The summed E-state index contributed by atoms with van der Waals surface area (Å²) in [6.45, 7) is 9.52. The van der Waals surface area contributed by atoms with Crippen molar-refractivity contribution >= 4 is 11.8 Å². The Labute approximate surface area is 119 Å². The Balaban J connectivity index is 2.33. The molecule has 0 fully saturated rings. The van der Waals surface area contributed by atoms with Gasteiger partial charge in [0.2, 0.25) is 0 Å². The first-order valence-electron chi connectivity index (χ1n) is 6.80. The van der Waals surface area contributed by atoms with Gasteiger partial charge in [0.1, 0.15) is 5.60 Å². The average Bonchev–Trinajstić information content (AvgIpc) is 2.68. The van der Waals surface area contributed by atoms with E-state index in [-0.39, 0.29) is 6.09 Å². The lowest BCUT2D eigenvalue weighted by molar-refractivity contribution is 0.0583. The SMILES string of the molecule is CC(C)(C)OC(=O)N1CCc2c1cncc2C(C)(C)O. The number of fused-ring (bicyclic) bond motifs is 1. The van der Waals surface area contributed by atoms with E-state index in [9.17, 15) is 9.90 Å². The summed E-state index contributed by atoms with van der Waals surface area (Å²) in [5.74, 6) is 0. The van der Waals surface area contributed by atoms with Gasteiger partial charge in [-0.1, -0.05) is 0 Å². The molecule has 0 saturated heterocycles. The van der Waals surface area contributed by atoms with Crippen LogP contribution in [0.2, 0.25) is 0 Å². The number of carbonyl (C=O) groups is 1. The van der Waals surface area contributed by atoms with Crippen molar-refractivity contribution in [1.29, 1.82) is 0 Å². The highest BCUT2D eigenvalue weighted by Gasteiger charge is 2.33. The van der Waals surface area contributed by atoms with E-state index < -0.39 is 11.2 Å². The Morgan fingerprint density at radius 2 is 1.95 bits per heavy atom. The number of hydrogen-bond donors (Lipinski definition) is 1. The Bertz CT molecular complexity index is 527. The van der Waals surface area contributed by atoms with Gasteiger partial charge >= 0.3 is 6.09 Å². The van der Waals surface area contributed by atoms with Crippen LogP contribution in [-0.2, 0) is 16.8 Å². The number of anilines is 1. The molecule has 0 saturated carbocycles. The van der Waals surface area contributed by atoms with Crippen molar-refractivity contribution in [3.8, 4) is 0 Å². The zero-order valence-corrected chi connectivity index (χ0v) is 12.7. The number of ether oxygens (including phenoxy) is 1. The van der Waals surface area contributed by atoms with E-state index in [4.69, 9.17) is 4.74 Å². The maximum Gasteiger partial charge on any atom is 0.414 e. The minimum Gasteiger partial charge on any atom is -0.443 e. The first kappa shape index (κ1) is 14.8. The van der Waals surface area contributed by atoms with Crippen molar-refractivity contribution in [1.82, 2.24) is 4.98 Å². The topological polar surface area (TPSA) is 62.7 Å². The van der Waals surface area contributed by atoms with Crippen LogP contribution < -0.4 is 4.90 Å². The zero-order valence-electron chi connectivity index (χ0n) is 12.7. The number of hydrogen-bond acceptors (Lipinski definition) is 4. The Kier molecular flexibility index (Phi) is 3.50. The first-order chi connectivity index (χ1) is 9.09. The van der Waals surface area contributed by atoms with E-state index in [0.29, 0.717) is 13.0 Å². The summed E-state index contributed by atoms with van der Waals surface area (Å²) < 4.78 is 5.40. The number of rotatable bonds is 1. The molecule has 5 nitrogen and oxygen atoms in total. The lowest BCUT2D eigenvalue weighted by Crippen LogP contribution is -2.35. The second-order valence-corrected chi connectivity index (χ2v) is 6.63. The van der Waals surface area contributed by atoms with E-state index >= 15 is 0 Å². The molecule has 2 rings (SSSR count). The molecule has 1 N–H and O–H groups in total. The van der Waals surface area contributed by atoms with Crippen molar-refractivity contribution in [3.05, 3.63) is 23.5 Å². The molecular weight excluding hydrogens is 256 g/mol. The van der Waals surface area contributed by atoms with Crippen molar-refractivity contribution in [2.45, 2.75) is 52.2 Å². The van der Waals surface area contributed by atoms with Crippen LogP contribution in [0.3, 0.4) is 0 Å². The van der Waals surface area contributed by atoms with Crippen LogP contribution in [-0.4, -0.2) is 28.3 Å². The van der Waals surface area contributed by atoms with Gasteiger partial charge in [-0.05, 0) is 46.6 Å². The number of nitrogens with zero attached hydrogens (tertiary/aromatic N) is 2. The third-order valence-corrected chi connectivity index (χ3v) is 3.18. The lowest BCUT2D eigenvalue weighted by Gasteiger charge is -2.25.